The molecule has 1 rings (SSSR count). The van der Waals surface area contributed by atoms with Gasteiger partial charge in [-0.2, -0.15) is 0 Å². The number of rotatable bonds is 3. The number of nitro benzene ring substituents is 1. The van der Waals surface area contributed by atoms with Crippen molar-refractivity contribution in [2.45, 2.75) is 0 Å². The van der Waals surface area contributed by atoms with Crippen LogP contribution in [0.5, 0.6) is 0 Å². The largest absolute Gasteiger partial charge is 0.386 e. The number of nitro groups is 1. The van der Waals surface area contributed by atoms with E-state index in [0.717, 1.165) is 0 Å². The van der Waals surface area contributed by atoms with Crippen molar-refractivity contribution in [2.75, 3.05) is 6.61 Å². The fourth-order valence-electron chi connectivity index (χ4n) is 1.06. The second-order valence-corrected chi connectivity index (χ2v) is 2.93. The summed E-state index contributed by atoms with van der Waals surface area (Å²) in [6, 6.07) is 5.29. The molecule has 0 saturated heterocycles. The molecule has 0 bridgehead atoms. The molecule has 0 fully saturated rings. The Hall–Kier alpha value is -2.48. The number of carbonyl (C=O) groups is 2. The van der Waals surface area contributed by atoms with E-state index in [-0.39, 0.29) is 11.3 Å². The molecule has 0 aromatic heterocycles. The quantitative estimate of drug-likeness (QED) is 0.478. The zero-order valence-electron chi connectivity index (χ0n) is 8.54. The van der Waals surface area contributed by atoms with Crippen LogP contribution in [0.15, 0.2) is 24.3 Å². The van der Waals surface area contributed by atoms with Crippen molar-refractivity contribution in [3.8, 4) is 0 Å². The fourth-order valence-corrected chi connectivity index (χ4v) is 1.06. The summed E-state index contributed by atoms with van der Waals surface area (Å²) in [7, 11) is 0. The Morgan fingerprint density at radius 3 is 2.53 bits per heavy atom. The topological polar surface area (TPSA) is 122 Å². The summed E-state index contributed by atoms with van der Waals surface area (Å²) in [5, 5.41) is 19.0. The highest BCUT2D eigenvalue weighted by Gasteiger charge is 2.19. The summed E-state index contributed by atoms with van der Waals surface area (Å²) >= 11 is 0. The molecule has 1 aromatic carbocycles. The Balaban J connectivity index is 2.82. The number of nitrogens with zero attached hydrogens (tertiary/aromatic N) is 1. The highest BCUT2D eigenvalue weighted by molar-refractivity contribution is 5.98. The van der Waals surface area contributed by atoms with Gasteiger partial charge in [0.2, 0.25) is 0 Å². The summed E-state index contributed by atoms with van der Waals surface area (Å²) in [5.74, 6) is -1.66. The van der Waals surface area contributed by atoms with E-state index in [0.29, 0.717) is 0 Å². The lowest BCUT2D eigenvalue weighted by atomic mass is 10.2. The molecule has 0 saturated carbocycles. The van der Waals surface area contributed by atoms with Crippen LogP contribution in [0.4, 0.5) is 5.69 Å². The maximum Gasteiger partial charge on any atom is 0.282 e. The van der Waals surface area contributed by atoms with Gasteiger partial charge in [0.15, 0.2) is 0 Å². The molecule has 3 N–H and O–H groups in total. The number of benzene rings is 1. The van der Waals surface area contributed by atoms with Crippen molar-refractivity contribution in [1.29, 1.82) is 0 Å². The summed E-state index contributed by atoms with van der Waals surface area (Å²) in [5.41, 5.74) is 3.27. The van der Waals surface area contributed by atoms with Crippen molar-refractivity contribution in [2.24, 2.45) is 0 Å². The average molecular weight is 239 g/mol. The number of aliphatic hydroxyl groups excluding tert-OH is 1. The first-order chi connectivity index (χ1) is 8.06. The zero-order chi connectivity index (χ0) is 12.8. The van der Waals surface area contributed by atoms with Gasteiger partial charge in [-0.15, -0.1) is 0 Å². The van der Waals surface area contributed by atoms with Crippen LogP contribution >= 0.6 is 0 Å². The maximum atomic E-state index is 11.5. The number of carbonyl (C=O) groups excluding carboxylic acids is 2. The van der Waals surface area contributed by atoms with E-state index in [9.17, 15) is 19.7 Å². The Bertz CT molecular complexity index is 460. The lowest BCUT2D eigenvalue weighted by Crippen LogP contribution is -2.43. The number of amides is 2. The maximum absolute atomic E-state index is 11.5. The molecule has 0 spiro atoms. The molecule has 0 aliphatic carbocycles. The smallest absolute Gasteiger partial charge is 0.282 e. The number of para-hydroxylation sites is 1. The fraction of sp³-hybridized carbons (Fsp3) is 0.111. The molecule has 0 aliphatic heterocycles. The zero-order valence-corrected chi connectivity index (χ0v) is 8.54. The van der Waals surface area contributed by atoms with E-state index < -0.39 is 23.3 Å². The third-order valence-electron chi connectivity index (χ3n) is 1.80. The molecule has 0 aliphatic rings. The second kappa shape index (κ2) is 5.56. The first kappa shape index (κ1) is 12.6. The monoisotopic (exact) mass is 239 g/mol. The van der Waals surface area contributed by atoms with Crippen LogP contribution in [0, 0.1) is 10.1 Å². The molecule has 0 atom stereocenters. The molecule has 2 amide bonds. The first-order valence-electron chi connectivity index (χ1n) is 4.49. The van der Waals surface area contributed by atoms with E-state index in [2.05, 4.69) is 0 Å². The minimum absolute atomic E-state index is 0.185. The van der Waals surface area contributed by atoms with Crippen molar-refractivity contribution in [3.63, 3.8) is 0 Å². The number of hydrogen-bond acceptors (Lipinski definition) is 5. The summed E-state index contributed by atoms with van der Waals surface area (Å²) in [6.45, 7) is -0.794. The lowest BCUT2D eigenvalue weighted by molar-refractivity contribution is -0.385. The Labute approximate surface area is 95.4 Å². The van der Waals surface area contributed by atoms with Crippen molar-refractivity contribution < 1.29 is 19.6 Å². The van der Waals surface area contributed by atoms with E-state index in [1.807, 2.05) is 10.9 Å². The normalized spacial score (nSPS) is 9.47. The highest BCUT2D eigenvalue weighted by Crippen LogP contribution is 2.16. The Morgan fingerprint density at radius 2 is 1.94 bits per heavy atom. The van der Waals surface area contributed by atoms with Crippen LogP contribution in [-0.4, -0.2) is 28.5 Å². The van der Waals surface area contributed by atoms with Crippen molar-refractivity contribution in [1.82, 2.24) is 10.9 Å². The van der Waals surface area contributed by atoms with Crippen LogP contribution in [0.2, 0.25) is 0 Å². The van der Waals surface area contributed by atoms with Gasteiger partial charge in [0.25, 0.3) is 17.5 Å². The van der Waals surface area contributed by atoms with Gasteiger partial charge < -0.3 is 5.11 Å². The van der Waals surface area contributed by atoms with Gasteiger partial charge in [0.05, 0.1) is 4.92 Å². The van der Waals surface area contributed by atoms with Crippen LogP contribution in [-0.2, 0) is 4.79 Å². The average Bonchev–Trinajstić information content (AvgIpc) is 2.35. The van der Waals surface area contributed by atoms with Gasteiger partial charge in [-0.1, -0.05) is 12.1 Å². The highest BCUT2D eigenvalue weighted by atomic mass is 16.6. The number of nitrogens with one attached hydrogen (secondary N) is 2. The van der Waals surface area contributed by atoms with E-state index in [4.69, 9.17) is 5.11 Å². The lowest BCUT2D eigenvalue weighted by Gasteiger charge is -2.05. The number of hydrazine groups is 1. The Morgan fingerprint density at radius 1 is 1.29 bits per heavy atom. The molecule has 0 heterocycles. The Kier molecular flexibility index (Phi) is 4.12. The molecule has 8 nitrogen and oxygen atoms in total. The molecule has 17 heavy (non-hydrogen) atoms. The number of hydrogen-bond donors (Lipinski definition) is 3. The SMILES string of the molecule is O=C(CO)NNC(=O)c1ccccc1[N+](=O)[O-]. The molecule has 0 radical (unpaired) electrons. The second-order valence-electron chi connectivity index (χ2n) is 2.93. The van der Waals surface area contributed by atoms with E-state index >= 15 is 0 Å². The van der Waals surface area contributed by atoms with Crippen molar-refractivity contribution in [3.05, 3.63) is 39.9 Å². The molecular weight excluding hydrogens is 230 g/mol. The van der Waals surface area contributed by atoms with Gasteiger partial charge in [0, 0.05) is 6.07 Å². The molecule has 8 heteroatoms. The molecule has 90 valence electrons. The van der Waals surface area contributed by atoms with Gasteiger partial charge in [-0.05, 0) is 6.07 Å². The van der Waals surface area contributed by atoms with Gasteiger partial charge in [-0.3, -0.25) is 30.6 Å². The predicted octanol–water partition coefficient (Wildman–Crippen LogP) is -0.652. The minimum atomic E-state index is -0.834. The van der Waals surface area contributed by atoms with Crippen LogP contribution < -0.4 is 10.9 Å². The van der Waals surface area contributed by atoms with E-state index in [1.54, 1.807) is 0 Å². The minimum Gasteiger partial charge on any atom is -0.386 e. The van der Waals surface area contributed by atoms with Crippen LogP contribution in [0.25, 0.3) is 0 Å². The molecular formula is C9H9N3O5. The third kappa shape index (κ3) is 3.24. The summed E-state index contributed by atoms with van der Waals surface area (Å²) < 4.78 is 0. The van der Waals surface area contributed by atoms with Gasteiger partial charge >= 0.3 is 0 Å². The van der Waals surface area contributed by atoms with E-state index in [1.165, 1.54) is 24.3 Å². The molecule has 1 aromatic rings. The van der Waals surface area contributed by atoms with Crippen LogP contribution in [0.1, 0.15) is 10.4 Å². The van der Waals surface area contributed by atoms with Crippen LogP contribution in [0.3, 0.4) is 0 Å². The number of aliphatic hydroxyl groups is 1. The van der Waals surface area contributed by atoms with Gasteiger partial charge in [0.1, 0.15) is 12.2 Å². The third-order valence-corrected chi connectivity index (χ3v) is 1.80. The van der Waals surface area contributed by atoms with Gasteiger partial charge in [-0.25, -0.2) is 0 Å². The first-order valence-corrected chi connectivity index (χ1v) is 4.49. The standard InChI is InChI=1S/C9H9N3O5/c13-5-8(14)10-11-9(15)6-3-1-2-4-7(6)12(16)17/h1-4,13H,5H2,(H,10,14)(H,11,15). The summed E-state index contributed by atoms with van der Waals surface area (Å²) in [6.07, 6.45) is 0. The summed E-state index contributed by atoms with van der Waals surface area (Å²) in [4.78, 5) is 32.0. The predicted molar refractivity (Wildman–Crippen MR) is 55.8 cm³/mol. The molecule has 0 unspecified atom stereocenters. The van der Waals surface area contributed by atoms with Crippen molar-refractivity contribution >= 4 is 17.5 Å².